The summed E-state index contributed by atoms with van der Waals surface area (Å²) in [7, 11) is 0. The van der Waals surface area contributed by atoms with E-state index in [0.717, 1.165) is 6.42 Å². The zero-order valence-electron chi connectivity index (χ0n) is 17.2. The molecule has 5 unspecified atom stereocenters. The molecule has 1 saturated carbocycles. The number of hydrogen-bond acceptors (Lipinski definition) is 6. The van der Waals surface area contributed by atoms with Gasteiger partial charge in [0.15, 0.2) is 5.41 Å². The molecule has 7 heteroatoms. The molecule has 1 aromatic carbocycles. The summed E-state index contributed by atoms with van der Waals surface area (Å²) in [6.45, 7) is 6.34. The maximum absolute atomic E-state index is 14.0. The van der Waals surface area contributed by atoms with Crippen molar-refractivity contribution in [3.63, 3.8) is 0 Å². The van der Waals surface area contributed by atoms with Gasteiger partial charge < -0.3 is 9.47 Å². The van der Waals surface area contributed by atoms with Gasteiger partial charge in [0.2, 0.25) is 17.1 Å². The highest BCUT2D eigenvalue weighted by atomic mass is 19.1. The third-order valence-corrected chi connectivity index (χ3v) is 7.29. The molecule has 4 rings (SSSR count). The lowest BCUT2D eigenvalue weighted by molar-refractivity contribution is -0.301. The van der Waals surface area contributed by atoms with Crippen LogP contribution < -0.4 is 0 Å². The maximum Gasteiger partial charge on any atom is 0.217 e. The van der Waals surface area contributed by atoms with Gasteiger partial charge in [-0.25, -0.2) is 4.39 Å². The Labute approximate surface area is 175 Å². The van der Waals surface area contributed by atoms with Crippen molar-refractivity contribution in [2.45, 2.75) is 51.9 Å². The second-order valence-corrected chi connectivity index (χ2v) is 9.64. The molecular formula is C23H23FN4O2. The van der Waals surface area contributed by atoms with E-state index in [9.17, 15) is 20.2 Å². The monoisotopic (exact) mass is 406 g/mol. The van der Waals surface area contributed by atoms with Gasteiger partial charge in [0.1, 0.15) is 11.9 Å². The molecule has 1 aromatic rings. The van der Waals surface area contributed by atoms with E-state index in [1.54, 1.807) is 6.07 Å². The Hall–Kier alpha value is -2.95. The fourth-order valence-corrected chi connectivity index (χ4v) is 5.60. The number of benzene rings is 1. The lowest BCUT2D eigenvalue weighted by Crippen LogP contribution is -2.61. The Morgan fingerprint density at radius 3 is 2.43 bits per heavy atom. The minimum atomic E-state index is -2.04. The predicted octanol–water partition coefficient (Wildman–Crippen LogP) is 4.61. The number of halogens is 1. The average molecular weight is 406 g/mol. The summed E-state index contributed by atoms with van der Waals surface area (Å²) in [5.41, 5.74) is -3.61. The molecule has 2 saturated heterocycles. The van der Waals surface area contributed by atoms with Gasteiger partial charge in [-0.2, -0.15) is 15.8 Å². The molecule has 5 atom stereocenters. The Bertz CT molecular complexity index is 1030. The van der Waals surface area contributed by atoms with Crippen molar-refractivity contribution >= 4 is 5.90 Å². The summed E-state index contributed by atoms with van der Waals surface area (Å²) >= 11 is 0. The van der Waals surface area contributed by atoms with E-state index >= 15 is 0 Å². The van der Waals surface area contributed by atoms with Crippen LogP contribution in [0.1, 0.15) is 51.7 Å². The van der Waals surface area contributed by atoms with Crippen molar-refractivity contribution in [2.75, 3.05) is 0 Å². The van der Waals surface area contributed by atoms with Gasteiger partial charge in [-0.1, -0.05) is 32.9 Å². The van der Waals surface area contributed by atoms with E-state index in [1.807, 2.05) is 12.1 Å². The van der Waals surface area contributed by atoms with E-state index in [-0.39, 0.29) is 16.9 Å². The van der Waals surface area contributed by atoms with Gasteiger partial charge in [-0.3, -0.25) is 5.41 Å². The second kappa shape index (κ2) is 6.27. The maximum atomic E-state index is 14.0. The predicted molar refractivity (Wildman–Crippen MR) is 104 cm³/mol. The van der Waals surface area contributed by atoms with E-state index in [0.29, 0.717) is 12.8 Å². The first-order chi connectivity index (χ1) is 14.1. The first kappa shape index (κ1) is 20.3. The van der Waals surface area contributed by atoms with Crippen LogP contribution in [0.5, 0.6) is 0 Å². The smallest absolute Gasteiger partial charge is 0.217 e. The molecule has 2 aliphatic heterocycles. The molecule has 3 fully saturated rings. The first-order valence-corrected chi connectivity index (χ1v) is 10.1. The third kappa shape index (κ3) is 2.32. The second-order valence-electron chi connectivity index (χ2n) is 9.64. The third-order valence-electron chi connectivity index (χ3n) is 7.29. The summed E-state index contributed by atoms with van der Waals surface area (Å²) < 4.78 is 26.3. The minimum Gasteiger partial charge on any atom is -0.447 e. The largest absolute Gasteiger partial charge is 0.447 e. The SMILES string of the molecule is CC(C)(C)C1CCC23OC(=N)C(C#N)(C2C1)C(C#N)(C#N)C(c1cccc(F)c1)O3. The van der Waals surface area contributed by atoms with Gasteiger partial charge in [-0.15, -0.1) is 0 Å². The summed E-state index contributed by atoms with van der Waals surface area (Å²) in [5.74, 6) is -2.63. The molecule has 2 heterocycles. The van der Waals surface area contributed by atoms with Gasteiger partial charge in [-0.05, 0) is 41.9 Å². The van der Waals surface area contributed by atoms with E-state index < -0.39 is 40.4 Å². The highest BCUT2D eigenvalue weighted by Crippen LogP contribution is 2.70. The average Bonchev–Trinajstić information content (AvgIpc) is 2.91. The van der Waals surface area contributed by atoms with Crippen LogP contribution in [0.2, 0.25) is 0 Å². The number of nitrogens with zero attached hydrogens (tertiary/aromatic N) is 3. The van der Waals surface area contributed by atoms with Crippen LogP contribution in [0, 0.1) is 73.3 Å². The van der Waals surface area contributed by atoms with Crippen LogP contribution in [0.3, 0.4) is 0 Å². The molecule has 30 heavy (non-hydrogen) atoms. The summed E-state index contributed by atoms with van der Waals surface area (Å²) in [4.78, 5) is 0. The highest BCUT2D eigenvalue weighted by Gasteiger charge is 2.81. The van der Waals surface area contributed by atoms with E-state index in [4.69, 9.17) is 14.9 Å². The van der Waals surface area contributed by atoms with Gasteiger partial charge in [0.05, 0.1) is 24.1 Å². The topological polar surface area (TPSA) is 114 Å². The highest BCUT2D eigenvalue weighted by molar-refractivity contribution is 5.89. The van der Waals surface area contributed by atoms with Crippen molar-refractivity contribution in [1.82, 2.24) is 0 Å². The number of hydrogen-bond donors (Lipinski definition) is 1. The molecule has 2 bridgehead atoms. The van der Waals surface area contributed by atoms with Crippen molar-refractivity contribution in [2.24, 2.45) is 28.1 Å². The quantitative estimate of drug-likeness (QED) is 0.732. The van der Waals surface area contributed by atoms with Gasteiger partial charge in [0.25, 0.3) is 0 Å². The lowest BCUT2D eigenvalue weighted by Gasteiger charge is -2.54. The van der Waals surface area contributed by atoms with Crippen molar-refractivity contribution in [3.8, 4) is 18.2 Å². The number of rotatable bonds is 1. The van der Waals surface area contributed by atoms with Crippen LogP contribution in [0.25, 0.3) is 0 Å². The standard InChI is InChI=1S/C23H23FN4O2/c1-20(2,3)15-7-8-23-17(10-15)22(13-27,19(28)30-23)21(11-25,12-26)18(29-23)14-5-4-6-16(24)9-14/h4-6,9,15,17-18,28H,7-8,10H2,1-3H3. The van der Waals surface area contributed by atoms with E-state index in [2.05, 4.69) is 26.8 Å². The van der Waals surface area contributed by atoms with Crippen LogP contribution in [0.15, 0.2) is 24.3 Å². The fraction of sp³-hybridized carbons (Fsp3) is 0.565. The summed E-state index contributed by atoms with van der Waals surface area (Å²) in [6.07, 6.45) is 0.481. The Morgan fingerprint density at radius 1 is 1.17 bits per heavy atom. The van der Waals surface area contributed by atoms with Crippen LogP contribution in [-0.2, 0) is 9.47 Å². The fourth-order valence-electron chi connectivity index (χ4n) is 5.60. The molecule has 154 valence electrons. The van der Waals surface area contributed by atoms with Gasteiger partial charge >= 0.3 is 0 Å². The van der Waals surface area contributed by atoms with Gasteiger partial charge in [0, 0.05) is 6.42 Å². The molecule has 0 radical (unpaired) electrons. The molecule has 0 spiro atoms. The van der Waals surface area contributed by atoms with E-state index in [1.165, 1.54) is 18.2 Å². The molecule has 3 aliphatic rings. The lowest BCUT2D eigenvalue weighted by atomic mass is 9.49. The molecular weight excluding hydrogens is 383 g/mol. The minimum absolute atomic E-state index is 0.0543. The Morgan fingerprint density at radius 2 is 1.87 bits per heavy atom. The van der Waals surface area contributed by atoms with Crippen molar-refractivity contribution < 1.29 is 13.9 Å². The number of nitriles is 3. The van der Waals surface area contributed by atoms with Crippen LogP contribution in [0.4, 0.5) is 4.39 Å². The van der Waals surface area contributed by atoms with Crippen LogP contribution in [-0.4, -0.2) is 11.7 Å². The zero-order chi connectivity index (χ0) is 21.9. The van der Waals surface area contributed by atoms with Crippen LogP contribution >= 0.6 is 0 Å². The number of nitrogens with one attached hydrogen (secondary N) is 1. The molecule has 0 aromatic heterocycles. The molecule has 1 N–H and O–H groups in total. The summed E-state index contributed by atoms with van der Waals surface area (Å²) in [6, 6.07) is 11.7. The Kier molecular flexibility index (Phi) is 4.25. The normalized spacial score (nSPS) is 36.6. The summed E-state index contributed by atoms with van der Waals surface area (Å²) in [5, 5.41) is 39.5. The first-order valence-electron chi connectivity index (χ1n) is 10.1. The molecule has 0 amide bonds. The Balaban J connectivity index is 1.95. The van der Waals surface area contributed by atoms with Crippen molar-refractivity contribution in [1.29, 1.82) is 21.2 Å². The molecule has 6 nitrogen and oxygen atoms in total. The van der Waals surface area contributed by atoms with Crippen molar-refractivity contribution in [3.05, 3.63) is 35.6 Å². The number of ether oxygens (including phenoxy) is 2. The molecule has 1 aliphatic carbocycles. The zero-order valence-corrected chi connectivity index (χ0v) is 17.2.